The summed E-state index contributed by atoms with van der Waals surface area (Å²) in [6.45, 7) is 13.1. The second-order valence-electron chi connectivity index (χ2n) is 15.6. The van der Waals surface area contributed by atoms with Crippen LogP contribution in [-0.2, 0) is 27.1 Å². The Kier molecular flexibility index (Phi) is 17.6. The van der Waals surface area contributed by atoms with E-state index in [1.54, 1.807) is 90.1 Å². The van der Waals surface area contributed by atoms with Gasteiger partial charge >= 0.3 is 12.2 Å². The lowest BCUT2D eigenvalue weighted by Crippen LogP contribution is -2.48. The molecule has 12 nitrogen and oxygen atoms in total. The molecule has 0 aliphatic rings. The first kappa shape index (κ1) is 46.4. The van der Waals surface area contributed by atoms with Gasteiger partial charge in [-0.25, -0.2) is 9.59 Å². The summed E-state index contributed by atoms with van der Waals surface area (Å²) < 4.78 is 21.9. The summed E-state index contributed by atoms with van der Waals surface area (Å²) in [7, 11) is 0. The standard InChI is InChI=1S/C23H29NO5.C23H27NO5/c2*1-16(25)18-12-8-9-13-21(18)28-15-20(26)19(14-17-10-6-5-7-11-17)24-22(27)29-23(2,3)4/h5-13,19-20,26H,14-15H2,1-4H3,(H,24,27);5-13,19H,14-15H2,1-4H3,(H,24,27)/t19-,20-;19-/m00/s1. The third-order valence-corrected chi connectivity index (χ3v) is 8.14. The van der Waals surface area contributed by atoms with E-state index in [4.69, 9.17) is 18.9 Å². The van der Waals surface area contributed by atoms with Crippen LogP contribution in [0, 0.1) is 0 Å². The monoisotopic (exact) mass is 796 g/mol. The third-order valence-electron chi connectivity index (χ3n) is 8.14. The van der Waals surface area contributed by atoms with E-state index in [2.05, 4.69) is 10.6 Å². The van der Waals surface area contributed by atoms with Crippen molar-refractivity contribution >= 4 is 29.5 Å². The van der Waals surface area contributed by atoms with Crippen LogP contribution in [0.2, 0.25) is 0 Å². The van der Waals surface area contributed by atoms with Gasteiger partial charge in [0.05, 0.1) is 23.2 Å². The molecule has 0 unspecified atom stereocenters. The first-order valence-corrected chi connectivity index (χ1v) is 19.0. The van der Waals surface area contributed by atoms with Crippen molar-refractivity contribution in [2.75, 3.05) is 13.2 Å². The molecule has 0 heterocycles. The van der Waals surface area contributed by atoms with E-state index in [1.165, 1.54) is 13.8 Å². The molecule has 3 atom stereocenters. The molecule has 0 aliphatic carbocycles. The van der Waals surface area contributed by atoms with Crippen LogP contribution in [0.4, 0.5) is 9.59 Å². The van der Waals surface area contributed by atoms with E-state index in [0.29, 0.717) is 35.5 Å². The second kappa shape index (κ2) is 22.1. The van der Waals surface area contributed by atoms with Crippen LogP contribution >= 0.6 is 0 Å². The maximum absolute atomic E-state index is 12.8. The Morgan fingerprint density at radius 2 is 0.983 bits per heavy atom. The van der Waals surface area contributed by atoms with E-state index in [1.807, 2.05) is 60.7 Å². The van der Waals surface area contributed by atoms with Gasteiger partial charge in [-0.1, -0.05) is 84.9 Å². The van der Waals surface area contributed by atoms with Crippen molar-refractivity contribution in [1.82, 2.24) is 10.6 Å². The van der Waals surface area contributed by atoms with Crippen LogP contribution in [0.25, 0.3) is 0 Å². The largest absolute Gasteiger partial charge is 0.490 e. The molecular weight excluding hydrogens is 741 g/mol. The second-order valence-corrected chi connectivity index (χ2v) is 15.6. The highest BCUT2D eigenvalue weighted by atomic mass is 16.6. The SMILES string of the molecule is CC(=O)c1ccccc1OCC(=O)[C@H](Cc1ccccc1)NC(=O)OC(C)(C)C.CC(=O)c1ccccc1OC[C@H](O)[C@H](Cc1ccccc1)NC(=O)OC(C)(C)C. The summed E-state index contributed by atoms with van der Waals surface area (Å²) in [5, 5.41) is 16.1. The lowest BCUT2D eigenvalue weighted by atomic mass is 10.0. The average molecular weight is 797 g/mol. The lowest BCUT2D eigenvalue weighted by molar-refractivity contribution is -0.123. The molecular formula is C46H56N2O10. The fourth-order valence-electron chi connectivity index (χ4n) is 5.46. The van der Waals surface area contributed by atoms with E-state index in [9.17, 15) is 29.1 Å². The predicted molar refractivity (Wildman–Crippen MR) is 222 cm³/mol. The molecule has 3 N–H and O–H groups in total. The van der Waals surface area contributed by atoms with Gasteiger partial charge in [-0.2, -0.15) is 0 Å². The fraction of sp³-hybridized carbons (Fsp3) is 0.370. The number of hydrogen-bond acceptors (Lipinski definition) is 10. The summed E-state index contributed by atoms with van der Waals surface area (Å²) in [6, 6.07) is 31.0. The molecule has 310 valence electrons. The van der Waals surface area contributed by atoms with Crippen molar-refractivity contribution in [3.05, 3.63) is 131 Å². The lowest BCUT2D eigenvalue weighted by Gasteiger charge is -2.27. The van der Waals surface area contributed by atoms with Crippen LogP contribution in [-0.4, -0.2) is 77.2 Å². The van der Waals surface area contributed by atoms with Crippen LogP contribution in [0.5, 0.6) is 11.5 Å². The van der Waals surface area contributed by atoms with Crippen LogP contribution in [0.1, 0.15) is 87.2 Å². The zero-order chi connectivity index (χ0) is 42.9. The molecule has 2 amide bonds. The van der Waals surface area contributed by atoms with Crippen molar-refractivity contribution in [2.45, 2.75) is 97.6 Å². The number of rotatable bonds is 16. The molecule has 0 radical (unpaired) electrons. The Balaban J connectivity index is 0.000000310. The molecule has 4 aromatic rings. The Hall–Kier alpha value is -6.01. The smallest absolute Gasteiger partial charge is 0.408 e. The average Bonchev–Trinajstić information content (AvgIpc) is 3.15. The van der Waals surface area contributed by atoms with Gasteiger partial charge in [0.2, 0.25) is 0 Å². The summed E-state index contributed by atoms with van der Waals surface area (Å²) >= 11 is 0. The maximum Gasteiger partial charge on any atom is 0.408 e. The van der Waals surface area contributed by atoms with E-state index in [0.717, 1.165) is 11.1 Å². The normalized spacial score (nSPS) is 12.6. The molecule has 4 rings (SSSR count). The summed E-state index contributed by atoms with van der Waals surface area (Å²) in [4.78, 5) is 60.8. The van der Waals surface area contributed by atoms with Crippen molar-refractivity contribution in [3.8, 4) is 11.5 Å². The number of aliphatic hydroxyl groups excluding tert-OH is 1. The number of carbonyl (C=O) groups is 5. The molecule has 58 heavy (non-hydrogen) atoms. The van der Waals surface area contributed by atoms with Crippen molar-refractivity contribution in [1.29, 1.82) is 0 Å². The van der Waals surface area contributed by atoms with Gasteiger partial charge in [-0.15, -0.1) is 0 Å². The minimum absolute atomic E-state index is 0.0857. The molecule has 0 aliphatic heterocycles. The number of benzene rings is 4. The number of ketones is 3. The predicted octanol–water partition coefficient (Wildman–Crippen LogP) is 7.74. The summed E-state index contributed by atoms with van der Waals surface area (Å²) in [5.41, 5.74) is 1.37. The highest BCUT2D eigenvalue weighted by Crippen LogP contribution is 2.21. The minimum Gasteiger partial charge on any atom is -0.490 e. The van der Waals surface area contributed by atoms with E-state index in [-0.39, 0.29) is 30.6 Å². The van der Waals surface area contributed by atoms with E-state index < -0.39 is 41.6 Å². The Bertz CT molecular complexity index is 1950. The van der Waals surface area contributed by atoms with Crippen molar-refractivity contribution < 1.29 is 48.0 Å². The summed E-state index contributed by atoms with van der Waals surface area (Å²) in [6.07, 6.45) is -1.59. The molecule has 0 fully saturated rings. The molecule has 0 saturated carbocycles. The Morgan fingerprint density at radius 1 is 0.569 bits per heavy atom. The number of amides is 2. The number of ether oxygens (including phenoxy) is 4. The van der Waals surface area contributed by atoms with Gasteiger partial charge in [-0.05, 0) is 97.2 Å². The van der Waals surface area contributed by atoms with Gasteiger partial charge in [0, 0.05) is 6.42 Å². The van der Waals surface area contributed by atoms with Gasteiger partial charge < -0.3 is 34.7 Å². The number of alkyl carbamates (subject to hydrolysis) is 2. The number of carbonyl (C=O) groups excluding carboxylic acids is 5. The van der Waals surface area contributed by atoms with Crippen LogP contribution in [0.3, 0.4) is 0 Å². The molecule has 0 saturated heterocycles. The van der Waals surface area contributed by atoms with E-state index >= 15 is 0 Å². The molecule has 4 aromatic carbocycles. The summed E-state index contributed by atoms with van der Waals surface area (Å²) in [5.74, 6) is 0.139. The van der Waals surface area contributed by atoms with Gasteiger partial charge in [0.15, 0.2) is 17.3 Å². The van der Waals surface area contributed by atoms with Gasteiger partial charge in [0.25, 0.3) is 0 Å². The van der Waals surface area contributed by atoms with Crippen LogP contribution < -0.4 is 20.1 Å². The number of aliphatic hydroxyl groups is 1. The van der Waals surface area contributed by atoms with Gasteiger partial charge in [0.1, 0.15) is 42.0 Å². The number of nitrogens with one attached hydrogen (secondary N) is 2. The Labute approximate surface area is 341 Å². The minimum atomic E-state index is -1.01. The first-order chi connectivity index (χ1) is 27.3. The maximum atomic E-state index is 12.8. The molecule has 12 heteroatoms. The van der Waals surface area contributed by atoms with Gasteiger partial charge in [-0.3, -0.25) is 14.4 Å². The highest BCUT2D eigenvalue weighted by molar-refractivity contribution is 5.97. The number of para-hydroxylation sites is 2. The third kappa shape index (κ3) is 17.0. The quantitative estimate of drug-likeness (QED) is 0.0955. The highest BCUT2D eigenvalue weighted by Gasteiger charge is 2.27. The zero-order valence-corrected chi connectivity index (χ0v) is 34.6. The fourth-order valence-corrected chi connectivity index (χ4v) is 5.46. The van der Waals surface area contributed by atoms with Crippen molar-refractivity contribution in [2.24, 2.45) is 0 Å². The van der Waals surface area contributed by atoms with Crippen LogP contribution in [0.15, 0.2) is 109 Å². The molecule has 0 spiro atoms. The molecule has 0 aromatic heterocycles. The van der Waals surface area contributed by atoms with Crippen molar-refractivity contribution in [3.63, 3.8) is 0 Å². The number of hydrogen-bond donors (Lipinski definition) is 3. The topological polar surface area (TPSA) is 167 Å². The number of Topliss-reactive ketones (excluding diaryl/α,β-unsaturated/α-hetero) is 3. The first-order valence-electron chi connectivity index (χ1n) is 19.0. The molecule has 0 bridgehead atoms. The Morgan fingerprint density at radius 3 is 1.45 bits per heavy atom. The zero-order valence-electron chi connectivity index (χ0n) is 34.6.